The summed E-state index contributed by atoms with van der Waals surface area (Å²) in [6.07, 6.45) is 1.04. The summed E-state index contributed by atoms with van der Waals surface area (Å²) in [4.78, 5) is 7.28. The van der Waals surface area contributed by atoms with E-state index < -0.39 is 0 Å². The minimum atomic E-state index is 0.542. The van der Waals surface area contributed by atoms with Gasteiger partial charge in [0.2, 0.25) is 0 Å². The molecule has 31 heavy (non-hydrogen) atoms. The number of ether oxygens (including phenoxy) is 1. The monoisotopic (exact) mass is 429 g/mol. The molecular formula is C23H39N7O. The van der Waals surface area contributed by atoms with Gasteiger partial charge in [-0.3, -0.25) is 4.90 Å². The van der Waals surface area contributed by atoms with Crippen molar-refractivity contribution in [3.63, 3.8) is 0 Å². The molecule has 2 aromatic rings. The van der Waals surface area contributed by atoms with Crippen molar-refractivity contribution in [2.45, 2.75) is 66.2 Å². The molecule has 0 saturated carbocycles. The van der Waals surface area contributed by atoms with Crippen LogP contribution in [-0.4, -0.2) is 57.9 Å². The van der Waals surface area contributed by atoms with Crippen LogP contribution < -0.4 is 15.4 Å². The van der Waals surface area contributed by atoms with Gasteiger partial charge in [-0.25, -0.2) is 4.99 Å². The molecule has 8 heteroatoms. The summed E-state index contributed by atoms with van der Waals surface area (Å²) < 4.78 is 7.22. The van der Waals surface area contributed by atoms with Gasteiger partial charge < -0.3 is 19.9 Å². The summed E-state index contributed by atoms with van der Waals surface area (Å²) in [6.45, 7) is 14.0. The number of aromatic nitrogens is 3. The average Bonchev–Trinajstić information content (AvgIpc) is 3.06. The van der Waals surface area contributed by atoms with Crippen LogP contribution in [0.4, 0.5) is 0 Å². The van der Waals surface area contributed by atoms with E-state index in [-0.39, 0.29) is 0 Å². The molecule has 0 saturated heterocycles. The van der Waals surface area contributed by atoms with Crippen molar-refractivity contribution in [2.75, 3.05) is 20.2 Å². The number of benzene rings is 1. The third kappa shape index (κ3) is 7.86. The summed E-state index contributed by atoms with van der Waals surface area (Å²) in [7, 11) is 3.65. The fourth-order valence-corrected chi connectivity index (χ4v) is 3.42. The van der Waals surface area contributed by atoms with Crippen LogP contribution in [0, 0.1) is 6.92 Å². The highest BCUT2D eigenvalue weighted by Gasteiger charge is 2.12. The van der Waals surface area contributed by atoms with E-state index in [9.17, 15) is 0 Å². The van der Waals surface area contributed by atoms with Crippen LogP contribution in [0.1, 0.15) is 51.3 Å². The summed E-state index contributed by atoms with van der Waals surface area (Å²) in [5.41, 5.74) is 1.13. The van der Waals surface area contributed by atoms with E-state index in [0.717, 1.165) is 48.4 Å². The molecule has 0 radical (unpaired) electrons. The molecule has 1 aromatic heterocycles. The summed E-state index contributed by atoms with van der Waals surface area (Å²) in [5.74, 6) is 3.39. The molecule has 0 spiro atoms. The molecule has 0 atom stereocenters. The van der Waals surface area contributed by atoms with Gasteiger partial charge in [0.25, 0.3) is 0 Å². The Hall–Kier alpha value is -2.61. The Labute approximate surface area is 187 Å². The summed E-state index contributed by atoms with van der Waals surface area (Å²) in [5, 5.41) is 15.2. The van der Waals surface area contributed by atoms with Crippen LogP contribution >= 0.6 is 0 Å². The van der Waals surface area contributed by atoms with Crippen LogP contribution in [0.5, 0.6) is 5.75 Å². The van der Waals surface area contributed by atoms with Gasteiger partial charge in [-0.05, 0) is 58.7 Å². The van der Waals surface area contributed by atoms with Gasteiger partial charge in [0, 0.05) is 32.2 Å². The van der Waals surface area contributed by atoms with Gasteiger partial charge in [0.05, 0.1) is 20.2 Å². The number of hydrogen-bond acceptors (Lipinski definition) is 5. The van der Waals surface area contributed by atoms with E-state index in [1.807, 2.05) is 42.8 Å². The maximum absolute atomic E-state index is 5.23. The molecular weight excluding hydrogens is 390 g/mol. The molecule has 0 bridgehead atoms. The van der Waals surface area contributed by atoms with Crippen LogP contribution in [0.3, 0.4) is 0 Å². The number of nitrogens with zero attached hydrogens (tertiary/aromatic N) is 5. The first kappa shape index (κ1) is 24.7. The van der Waals surface area contributed by atoms with Crippen molar-refractivity contribution in [1.82, 2.24) is 30.3 Å². The van der Waals surface area contributed by atoms with Crippen molar-refractivity contribution in [3.8, 4) is 5.75 Å². The van der Waals surface area contributed by atoms with E-state index in [1.165, 1.54) is 0 Å². The van der Waals surface area contributed by atoms with E-state index in [4.69, 9.17) is 9.73 Å². The Kier molecular flexibility index (Phi) is 9.78. The van der Waals surface area contributed by atoms with E-state index >= 15 is 0 Å². The highest BCUT2D eigenvalue weighted by atomic mass is 16.5. The highest BCUT2D eigenvalue weighted by molar-refractivity contribution is 5.79. The van der Waals surface area contributed by atoms with Crippen LogP contribution in [0.15, 0.2) is 29.3 Å². The number of nitrogens with one attached hydrogen (secondary N) is 2. The van der Waals surface area contributed by atoms with Gasteiger partial charge in [-0.15, -0.1) is 10.2 Å². The van der Waals surface area contributed by atoms with Crippen LogP contribution in [0.2, 0.25) is 0 Å². The molecule has 0 amide bonds. The maximum Gasteiger partial charge on any atom is 0.191 e. The third-order valence-electron chi connectivity index (χ3n) is 5.39. The number of aliphatic imine (C=N–C) groups is 1. The molecule has 0 unspecified atom stereocenters. The fourth-order valence-electron chi connectivity index (χ4n) is 3.42. The largest absolute Gasteiger partial charge is 0.497 e. The second-order valence-corrected chi connectivity index (χ2v) is 8.29. The maximum atomic E-state index is 5.23. The molecule has 0 fully saturated rings. The van der Waals surface area contributed by atoms with Crippen LogP contribution in [0.25, 0.3) is 0 Å². The minimum Gasteiger partial charge on any atom is -0.497 e. The van der Waals surface area contributed by atoms with E-state index in [1.54, 1.807) is 7.11 Å². The van der Waals surface area contributed by atoms with Gasteiger partial charge in [0.15, 0.2) is 11.8 Å². The Bertz CT molecular complexity index is 804. The first-order chi connectivity index (χ1) is 14.8. The van der Waals surface area contributed by atoms with Crippen molar-refractivity contribution < 1.29 is 4.74 Å². The second-order valence-electron chi connectivity index (χ2n) is 8.29. The van der Waals surface area contributed by atoms with Crippen LogP contribution in [-0.2, 0) is 20.1 Å². The zero-order valence-corrected chi connectivity index (χ0v) is 20.1. The molecule has 2 N–H and O–H groups in total. The Morgan fingerprint density at radius 2 is 1.77 bits per heavy atom. The first-order valence-corrected chi connectivity index (χ1v) is 11.1. The van der Waals surface area contributed by atoms with Crippen molar-refractivity contribution in [2.24, 2.45) is 12.0 Å². The standard InChI is InChI=1S/C23H39N7O/c1-17(2)30(18(3)4)14-8-13-24-23(26-16-22-28-27-19(5)29(22)6)25-15-20-9-11-21(31-7)12-10-20/h9-12,17-18H,8,13-16H2,1-7H3,(H2,24,25,26). The lowest BCUT2D eigenvalue weighted by atomic mass is 10.2. The second kappa shape index (κ2) is 12.3. The Morgan fingerprint density at radius 3 is 2.32 bits per heavy atom. The topological polar surface area (TPSA) is 79.6 Å². The highest BCUT2D eigenvalue weighted by Crippen LogP contribution is 2.12. The number of rotatable bonds is 11. The number of aryl methyl sites for hydroxylation is 1. The SMILES string of the molecule is COc1ccc(CN=C(NCCCN(C(C)C)C(C)C)NCc2nnc(C)n2C)cc1. The zero-order valence-electron chi connectivity index (χ0n) is 20.1. The average molecular weight is 430 g/mol. The molecule has 1 heterocycles. The first-order valence-electron chi connectivity index (χ1n) is 11.1. The summed E-state index contributed by atoms with van der Waals surface area (Å²) >= 11 is 0. The Morgan fingerprint density at radius 1 is 1.10 bits per heavy atom. The molecule has 8 nitrogen and oxygen atoms in total. The molecule has 2 rings (SSSR count). The molecule has 1 aromatic carbocycles. The Balaban J connectivity index is 1.97. The van der Waals surface area contributed by atoms with E-state index in [2.05, 4.69) is 53.4 Å². The minimum absolute atomic E-state index is 0.542. The molecule has 0 aliphatic rings. The number of guanidine groups is 1. The fraction of sp³-hybridized carbons (Fsp3) is 0.609. The predicted octanol–water partition coefficient (Wildman–Crippen LogP) is 2.88. The van der Waals surface area contributed by atoms with Gasteiger partial charge in [0.1, 0.15) is 11.6 Å². The number of methoxy groups -OCH3 is 1. The lowest BCUT2D eigenvalue weighted by Crippen LogP contribution is -2.41. The third-order valence-corrected chi connectivity index (χ3v) is 5.39. The lowest BCUT2D eigenvalue weighted by molar-refractivity contribution is 0.173. The van der Waals surface area contributed by atoms with Crippen molar-refractivity contribution >= 4 is 5.96 Å². The molecule has 172 valence electrons. The quantitative estimate of drug-likeness (QED) is 0.325. The van der Waals surface area contributed by atoms with Crippen molar-refractivity contribution in [3.05, 3.63) is 41.5 Å². The van der Waals surface area contributed by atoms with Gasteiger partial charge in [-0.1, -0.05) is 12.1 Å². The smallest absolute Gasteiger partial charge is 0.191 e. The summed E-state index contributed by atoms with van der Waals surface area (Å²) in [6, 6.07) is 9.07. The van der Waals surface area contributed by atoms with Crippen molar-refractivity contribution in [1.29, 1.82) is 0 Å². The van der Waals surface area contributed by atoms with Gasteiger partial charge in [-0.2, -0.15) is 0 Å². The predicted molar refractivity (Wildman–Crippen MR) is 126 cm³/mol. The molecule has 0 aliphatic carbocycles. The van der Waals surface area contributed by atoms with Gasteiger partial charge >= 0.3 is 0 Å². The normalized spacial score (nSPS) is 12.1. The zero-order chi connectivity index (χ0) is 22.8. The van der Waals surface area contributed by atoms with E-state index in [0.29, 0.717) is 25.2 Å². The molecule has 0 aliphatic heterocycles. The number of hydrogen-bond donors (Lipinski definition) is 2. The lowest BCUT2D eigenvalue weighted by Gasteiger charge is -2.30.